The smallest absolute Gasteiger partial charge is 0.271 e. The first-order valence-corrected chi connectivity index (χ1v) is 7.53. The number of hydrazone groups is 1. The minimum Gasteiger partial charge on any atom is -0.493 e. The molecule has 5 nitrogen and oxygen atoms in total. The number of benzene rings is 2. The second-order valence-electron chi connectivity index (χ2n) is 4.32. The highest BCUT2D eigenvalue weighted by molar-refractivity contribution is 14.1. The number of rotatable bonds is 5. The molecule has 0 radical (unpaired) electrons. The van der Waals surface area contributed by atoms with Crippen molar-refractivity contribution in [3.63, 3.8) is 0 Å². The summed E-state index contributed by atoms with van der Waals surface area (Å²) < 4.78 is 11.4. The van der Waals surface area contributed by atoms with Crippen LogP contribution in [-0.4, -0.2) is 26.3 Å². The van der Waals surface area contributed by atoms with Gasteiger partial charge in [-0.2, -0.15) is 5.10 Å². The number of nitrogens with zero attached hydrogens (tertiary/aromatic N) is 1. The Morgan fingerprint density at radius 2 is 1.91 bits per heavy atom. The number of carbonyl (C=O) groups excluding carboxylic acids is 1. The van der Waals surface area contributed by atoms with E-state index in [-0.39, 0.29) is 5.91 Å². The molecule has 6 heteroatoms. The predicted molar refractivity (Wildman–Crippen MR) is 93.8 cm³/mol. The number of ether oxygens (including phenoxy) is 2. The van der Waals surface area contributed by atoms with Gasteiger partial charge in [-0.25, -0.2) is 5.43 Å². The maximum absolute atomic E-state index is 11.9. The maximum atomic E-state index is 11.9. The van der Waals surface area contributed by atoms with E-state index in [4.69, 9.17) is 9.47 Å². The summed E-state index contributed by atoms with van der Waals surface area (Å²) in [5, 5.41) is 3.96. The molecule has 1 amide bonds. The lowest BCUT2D eigenvalue weighted by Gasteiger charge is -2.07. The molecule has 114 valence electrons. The summed E-state index contributed by atoms with van der Waals surface area (Å²) in [4.78, 5) is 11.9. The number of hydrogen-bond donors (Lipinski definition) is 1. The van der Waals surface area contributed by atoms with Gasteiger partial charge in [0.1, 0.15) is 0 Å². The molecule has 2 aromatic carbocycles. The highest BCUT2D eigenvalue weighted by atomic mass is 127. The number of nitrogens with one attached hydrogen (secondary N) is 1. The normalized spacial score (nSPS) is 10.5. The maximum Gasteiger partial charge on any atom is 0.271 e. The molecule has 1 N–H and O–H groups in total. The summed E-state index contributed by atoms with van der Waals surface area (Å²) in [6.45, 7) is 0. The molecule has 0 unspecified atom stereocenters. The molecule has 0 aliphatic rings. The Kier molecular flexibility index (Phi) is 5.76. The van der Waals surface area contributed by atoms with Crippen molar-refractivity contribution in [3.8, 4) is 11.5 Å². The molecule has 2 rings (SSSR count). The van der Waals surface area contributed by atoms with Crippen molar-refractivity contribution in [3.05, 3.63) is 57.2 Å². The monoisotopic (exact) mass is 410 g/mol. The van der Waals surface area contributed by atoms with Crippen LogP contribution in [0.2, 0.25) is 0 Å². The number of amides is 1. The Bertz CT molecular complexity index is 702. The van der Waals surface area contributed by atoms with Crippen LogP contribution in [0.15, 0.2) is 47.6 Å². The fraction of sp³-hybridized carbons (Fsp3) is 0.125. The molecular formula is C16H15IN2O3. The van der Waals surface area contributed by atoms with Crippen molar-refractivity contribution < 1.29 is 14.3 Å². The van der Waals surface area contributed by atoms with E-state index in [9.17, 15) is 4.79 Å². The van der Waals surface area contributed by atoms with E-state index < -0.39 is 0 Å². The van der Waals surface area contributed by atoms with Crippen LogP contribution in [0.4, 0.5) is 0 Å². The van der Waals surface area contributed by atoms with Gasteiger partial charge in [-0.1, -0.05) is 6.07 Å². The average Bonchev–Trinajstić information content (AvgIpc) is 2.54. The molecule has 22 heavy (non-hydrogen) atoms. The van der Waals surface area contributed by atoms with Crippen molar-refractivity contribution in [1.29, 1.82) is 0 Å². The van der Waals surface area contributed by atoms with Gasteiger partial charge >= 0.3 is 0 Å². The van der Waals surface area contributed by atoms with E-state index in [1.54, 1.807) is 44.7 Å². The van der Waals surface area contributed by atoms with E-state index >= 15 is 0 Å². The number of methoxy groups -OCH3 is 2. The van der Waals surface area contributed by atoms with Gasteiger partial charge in [-0.3, -0.25) is 4.79 Å². The molecule has 0 saturated carbocycles. The van der Waals surface area contributed by atoms with Gasteiger partial charge in [0.05, 0.1) is 20.4 Å². The first kappa shape index (κ1) is 16.3. The number of hydrogen-bond acceptors (Lipinski definition) is 4. The average molecular weight is 410 g/mol. The van der Waals surface area contributed by atoms with Crippen molar-refractivity contribution in [2.75, 3.05) is 14.2 Å². The van der Waals surface area contributed by atoms with Crippen molar-refractivity contribution in [1.82, 2.24) is 5.43 Å². The zero-order valence-corrected chi connectivity index (χ0v) is 14.3. The van der Waals surface area contributed by atoms with Gasteiger partial charge in [0.25, 0.3) is 5.91 Å². The van der Waals surface area contributed by atoms with E-state index in [1.165, 1.54) is 0 Å². The molecule has 0 saturated heterocycles. The first-order chi connectivity index (χ1) is 10.6. The highest BCUT2D eigenvalue weighted by Crippen LogP contribution is 2.26. The quantitative estimate of drug-likeness (QED) is 0.468. The molecule has 0 atom stereocenters. The molecule has 0 aliphatic heterocycles. The van der Waals surface area contributed by atoms with Gasteiger partial charge in [0, 0.05) is 9.13 Å². The Morgan fingerprint density at radius 1 is 1.14 bits per heavy atom. The third-order valence-electron chi connectivity index (χ3n) is 2.87. The Balaban J connectivity index is 2.05. The van der Waals surface area contributed by atoms with E-state index in [2.05, 4.69) is 33.1 Å². The summed E-state index contributed by atoms with van der Waals surface area (Å²) in [7, 11) is 3.14. The SMILES string of the molecule is COc1ccc(/C=N\NC(=O)c2cccc(I)c2)cc1OC. The van der Waals surface area contributed by atoms with Crippen LogP contribution in [0.3, 0.4) is 0 Å². The van der Waals surface area contributed by atoms with Gasteiger partial charge in [0.15, 0.2) is 11.5 Å². The third-order valence-corrected chi connectivity index (χ3v) is 3.55. The molecule has 0 heterocycles. The van der Waals surface area contributed by atoms with E-state index in [1.807, 2.05) is 18.2 Å². The van der Waals surface area contributed by atoms with Crippen LogP contribution in [0.1, 0.15) is 15.9 Å². The summed E-state index contributed by atoms with van der Waals surface area (Å²) >= 11 is 2.16. The summed E-state index contributed by atoms with van der Waals surface area (Å²) in [6.07, 6.45) is 1.55. The zero-order chi connectivity index (χ0) is 15.9. The van der Waals surface area contributed by atoms with Crippen molar-refractivity contribution in [2.24, 2.45) is 5.10 Å². The minimum atomic E-state index is -0.254. The van der Waals surface area contributed by atoms with Crippen LogP contribution in [-0.2, 0) is 0 Å². The molecule has 0 spiro atoms. The minimum absolute atomic E-state index is 0.254. The zero-order valence-electron chi connectivity index (χ0n) is 12.2. The van der Waals surface area contributed by atoms with Crippen LogP contribution >= 0.6 is 22.6 Å². The standard InChI is InChI=1S/C16H15IN2O3/c1-21-14-7-6-11(8-15(14)22-2)10-18-19-16(20)12-4-3-5-13(17)9-12/h3-10H,1-2H3,(H,19,20)/b18-10-. The molecule has 0 aliphatic carbocycles. The summed E-state index contributed by atoms with van der Waals surface area (Å²) in [5.41, 5.74) is 3.85. The molecular weight excluding hydrogens is 395 g/mol. The summed E-state index contributed by atoms with van der Waals surface area (Å²) in [6, 6.07) is 12.7. The first-order valence-electron chi connectivity index (χ1n) is 6.45. The van der Waals surface area contributed by atoms with Crippen LogP contribution in [0.5, 0.6) is 11.5 Å². The lowest BCUT2D eigenvalue weighted by atomic mass is 10.2. The van der Waals surface area contributed by atoms with Crippen molar-refractivity contribution >= 4 is 34.7 Å². The fourth-order valence-electron chi connectivity index (χ4n) is 1.79. The second kappa shape index (κ2) is 7.79. The van der Waals surface area contributed by atoms with Gasteiger partial charge < -0.3 is 9.47 Å². The number of halogens is 1. The van der Waals surface area contributed by atoms with Gasteiger partial charge in [0.2, 0.25) is 0 Å². The Morgan fingerprint density at radius 3 is 2.59 bits per heavy atom. The summed E-state index contributed by atoms with van der Waals surface area (Å²) in [5.74, 6) is 0.994. The van der Waals surface area contributed by atoms with Crippen LogP contribution in [0, 0.1) is 3.57 Å². The number of carbonyl (C=O) groups is 1. The lowest BCUT2D eigenvalue weighted by molar-refractivity contribution is 0.0955. The highest BCUT2D eigenvalue weighted by Gasteiger charge is 2.05. The third kappa shape index (κ3) is 4.20. The molecule has 0 fully saturated rings. The van der Waals surface area contributed by atoms with Crippen molar-refractivity contribution in [2.45, 2.75) is 0 Å². The Labute approximate surface area is 142 Å². The molecule has 2 aromatic rings. The largest absolute Gasteiger partial charge is 0.493 e. The van der Waals surface area contributed by atoms with E-state index in [0.717, 1.165) is 9.13 Å². The van der Waals surface area contributed by atoms with Gasteiger partial charge in [-0.05, 0) is 64.6 Å². The molecule has 0 bridgehead atoms. The van der Waals surface area contributed by atoms with Crippen LogP contribution < -0.4 is 14.9 Å². The predicted octanol–water partition coefficient (Wildman–Crippen LogP) is 3.07. The van der Waals surface area contributed by atoms with Gasteiger partial charge in [-0.15, -0.1) is 0 Å². The fourth-order valence-corrected chi connectivity index (χ4v) is 2.34. The van der Waals surface area contributed by atoms with Crippen LogP contribution in [0.25, 0.3) is 0 Å². The molecule has 0 aromatic heterocycles. The lowest BCUT2D eigenvalue weighted by Crippen LogP contribution is -2.17. The topological polar surface area (TPSA) is 59.9 Å². The second-order valence-corrected chi connectivity index (χ2v) is 5.57. The Hall–Kier alpha value is -2.09. The van der Waals surface area contributed by atoms with E-state index in [0.29, 0.717) is 17.1 Å².